The number of carbonyl (C=O) groups excluding carboxylic acids is 4. The van der Waals surface area contributed by atoms with Crippen LogP contribution in [0.15, 0.2) is 36.5 Å². The van der Waals surface area contributed by atoms with Gasteiger partial charge in [-0.05, 0) is 39.7 Å². The van der Waals surface area contributed by atoms with E-state index < -0.39 is 41.4 Å². The fourth-order valence-electron chi connectivity index (χ4n) is 3.74. The zero-order valence-corrected chi connectivity index (χ0v) is 23.6. The number of methoxy groups -OCH3 is 1. The standard InChI is InChI=1S/C27H36N4O7S.3H2/c1-16(2)37-14-21(31-26(35)22-12-28-17(3)39-22)25(34)30-20(13-36-5)24(33)29-19(23(32)27(4)15-38-27)11-18-9-7-6-8-10-18;;;/h6-10,12,16,19-21H,11,13-15H2,1-5H3,(H,29,33)(H,30,34)(H,31,35);3*1H/t19-,20-,21-,27+;;;/m0.../s1. The van der Waals surface area contributed by atoms with Crippen LogP contribution in [0.2, 0.25) is 0 Å². The van der Waals surface area contributed by atoms with Crippen molar-refractivity contribution >= 4 is 34.8 Å². The summed E-state index contributed by atoms with van der Waals surface area (Å²) in [5, 5.41) is 8.78. The molecule has 0 saturated carbocycles. The molecule has 4 atom stereocenters. The van der Waals surface area contributed by atoms with Gasteiger partial charge < -0.3 is 30.2 Å². The smallest absolute Gasteiger partial charge is 0.263 e. The number of hydrogen-bond donors (Lipinski definition) is 3. The van der Waals surface area contributed by atoms with Crippen LogP contribution in [0.25, 0.3) is 0 Å². The van der Waals surface area contributed by atoms with Gasteiger partial charge in [0.05, 0.1) is 43.2 Å². The average Bonchev–Trinajstić information content (AvgIpc) is 3.50. The van der Waals surface area contributed by atoms with Crippen LogP contribution in [0, 0.1) is 6.92 Å². The molecular weight excluding hydrogens is 524 g/mol. The lowest BCUT2D eigenvalue weighted by molar-refractivity contribution is -0.134. The Bertz CT molecular complexity index is 1170. The molecule has 0 aliphatic carbocycles. The molecule has 1 fully saturated rings. The maximum atomic E-state index is 13.3. The second kappa shape index (κ2) is 13.7. The molecule has 12 heteroatoms. The largest absolute Gasteiger partial charge is 0.382 e. The van der Waals surface area contributed by atoms with Crippen LogP contribution >= 0.6 is 11.3 Å². The molecule has 0 spiro atoms. The molecule has 11 nitrogen and oxygen atoms in total. The lowest BCUT2D eigenvalue weighted by Crippen LogP contribution is -2.59. The van der Waals surface area contributed by atoms with Crippen LogP contribution in [0.5, 0.6) is 0 Å². The van der Waals surface area contributed by atoms with Crippen molar-refractivity contribution in [1.29, 1.82) is 0 Å². The third-order valence-corrected chi connectivity index (χ3v) is 6.96. The van der Waals surface area contributed by atoms with E-state index in [4.69, 9.17) is 14.2 Å². The fraction of sp³-hybridized carbons (Fsp3) is 0.519. The number of thiazole rings is 1. The molecule has 0 unspecified atom stereocenters. The molecule has 218 valence electrons. The number of rotatable bonds is 15. The summed E-state index contributed by atoms with van der Waals surface area (Å²) in [6, 6.07) is 6.20. The van der Waals surface area contributed by atoms with Crippen molar-refractivity contribution in [1.82, 2.24) is 20.9 Å². The molecule has 1 aliphatic heterocycles. The quantitative estimate of drug-likeness (QED) is 0.277. The lowest BCUT2D eigenvalue weighted by Gasteiger charge is -2.26. The van der Waals surface area contributed by atoms with E-state index in [0.29, 0.717) is 9.88 Å². The van der Waals surface area contributed by atoms with Crippen molar-refractivity contribution in [3.8, 4) is 0 Å². The Morgan fingerprint density at radius 3 is 2.21 bits per heavy atom. The van der Waals surface area contributed by atoms with Gasteiger partial charge in [-0.25, -0.2) is 4.98 Å². The molecule has 1 saturated heterocycles. The molecule has 2 heterocycles. The zero-order chi connectivity index (χ0) is 28.6. The van der Waals surface area contributed by atoms with Crippen molar-refractivity contribution in [2.24, 2.45) is 0 Å². The first-order chi connectivity index (χ1) is 18.5. The van der Waals surface area contributed by atoms with Gasteiger partial charge >= 0.3 is 0 Å². The predicted molar refractivity (Wildman–Crippen MR) is 151 cm³/mol. The van der Waals surface area contributed by atoms with E-state index in [-0.39, 0.29) is 42.4 Å². The van der Waals surface area contributed by atoms with E-state index in [1.165, 1.54) is 24.6 Å². The minimum absolute atomic E-state index is 0. The summed E-state index contributed by atoms with van der Waals surface area (Å²) in [5.74, 6) is -1.97. The Morgan fingerprint density at radius 1 is 1.05 bits per heavy atom. The number of nitrogens with zero attached hydrogens (tertiary/aromatic N) is 1. The maximum Gasteiger partial charge on any atom is 0.263 e. The molecule has 3 amide bonds. The van der Waals surface area contributed by atoms with E-state index in [1.54, 1.807) is 27.7 Å². The van der Waals surface area contributed by atoms with Gasteiger partial charge in [-0.2, -0.15) is 0 Å². The van der Waals surface area contributed by atoms with Gasteiger partial charge in [0.15, 0.2) is 5.78 Å². The molecule has 1 aliphatic rings. The number of benzene rings is 1. The molecule has 0 radical (unpaired) electrons. The Morgan fingerprint density at radius 2 is 1.67 bits per heavy atom. The Balaban J connectivity index is 0.00000560. The van der Waals surface area contributed by atoms with Crippen LogP contribution < -0.4 is 16.0 Å². The van der Waals surface area contributed by atoms with Gasteiger partial charge in [0.1, 0.15) is 22.6 Å². The number of amides is 3. The number of epoxide rings is 1. The maximum absolute atomic E-state index is 13.3. The molecule has 0 bridgehead atoms. The summed E-state index contributed by atoms with van der Waals surface area (Å²) in [5.41, 5.74) is -0.0923. The van der Waals surface area contributed by atoms with Crippen molar-refractivity contribution in [2.75, 3.05) is 26.9 Å². The van der Waals surface area contributed by atoms with Crippen molar-refractivity contribution in [3.63, 3.8) is 0 Å². The molecule has 3 rings (SSSR count). The van der Waals surface area contributed by atoms with E-state index >= 15 is 0 Å². The highest BCUT2D eigenvalue weighted by Gasteiger charge is 2.50. The number of aromatic nitrogens is 1. The van der Waals surface area contributed by atoms with Crippen molar-refractivity contribution in [2.45, 2.75) is 63.9 Å². The summed E-state index contributed by atoms with van der Waals surface area (Å²) in [7, 11) is 1.39. The van der Waals surface area contributed by atoms with Crippen LogP contribution in [0.1, 0.15) is 45.3 Å². The number of hydrogen-bond acceptors (Lipinski definition) is 9. The number of ether oxygens (including phenoxy) is 3. The molecular formula is C27H42N4O7S. The molecule has 1 aromatic carbocycles. The second-order valence-corrected chi connectivity index (χ2v) is 11.0. The van der Waals surface area contributed by atoms with Gasteiger partial charge in [-0.15, -0.1) is 11.3 Å². The summed E-state index contributed by atoms with van der Waals surface area (Å²) < 4.78 is 16.1. The van der Waals surface area contributed by atoms with E-state index in [0.717, 1.165) is 5.56 Å². The van der Waals surface area contributed by atoms with Gasteiger partial charge in [-0.3, -0.25) is 19.2 Å². The topological polar surface area (TPSA) is 148 Å². The summed E-state index contributed by atoms with van der Waals surface area (Å²) in [6.45, 7) is 7.07. The number of aryl methyl sites for hydroxylation is 1. The highest BCUT2D eigenvalue weighted by molar-refractivity contribution is 7.13. The van der Waals surface area contributed by atoms with Crippen molar-refractivity contribution < 1.29 is 37.7 Å². The van der Waals surface area contributed by atoms with Crippen molar-refractivity contribution in [3.05, 3.63) is 52.0 Å². The Hall–Kier alpha value is -3.19. The van der Waals surface area contributed by atoms with Crippen LogP contribution in [-0.2, 0) is 35.0 Å². The van der Waals surface area contributed by atoms with Gasteiger partial charge in [0.25, 0.3) is 5.91 Å². The summed E-state index contributed by atoms with van der Waals surface area (Å²) in [4.78, 5) is 56.9. The SMILES string of the molecule is COC[C@H](NC(=O)[C@H](COC(C)C)NC(=O)c1cnc(C)s1)C(=O)N[C@@H](Cc1ccccc1)C(=O)[C@@]1(C)CO1.[HH].[HH].[HH]. The Labute approximate surface area is 236 Å². The number of nitrogens with one attached hydrogen (secondary N) is 3. The van der Waals surface area contributed by atoms with Crippen LogP contribution in [-0.4, -0.2) is 85.2 Å². The average molecular weight is 567 g/mol. The zero-order valence-electron chi connectivity index (χ0n) is 22.8. The van der Waals surface area contributed by atoms with Gasteiger partial charge in [0.2, 0.25) is 11.8 Å². The molecule has 1 aromatic heterocycles. The lowest BCUT2D eigenvalue weighted by atomic mass is 9.94. The van der Waals surface area contributed by atoms with E-state index in [1.807, 2.05) is 30.3 Å². The highest BCUT2D eigenvalue weighted by Crippen LogP contribution is 2.29. The van der Waals surface area contributed by atoms with E-state index in [2.05, 4.69) is 20.9 Å². The first-order valence-corrected chi connectivity index (χ1v) is 13.5. The second-order valence-electron chi connectivity index (χ2n) is 9.80. The number of carbonyl (C=O) groups is 4. The third-order valence-electron chi connectivity index (χ3n) is 6.04. The molecule has 39 heavy (non-hydrogen) atoms. The normalized spacial score (nSPS) is 18.6. The van der Waals surface area contributed by atoms with Gasteiger partial charge in [0, 0.05) is 11.4 Å². The highest BCUT2D eigenvalue weighted by atomic mass is 32.1. The number of ketones is 1. The third kappa shape index (κ3) is 8.92. The number of Topliss-reactive ketones (excluding diaryl/α,β-unsaturated/α-hetero) is 1. The summed E-state index contributed by atoms with van der Waals surface area (Å²) >= 11 is 1.20. The minimum atomic E-state index is -1.13. The van der Waals surface area contributed by atoms with Gasteiger partial charge in [-0.1, -0.05) is 30.3 Å². The predicted octanol–water partition coefficient (Wildman–Crippen LogP) is 1.93. The van der Waals surface area contributed by atoms with Crippen LogP contribution in [0.4, 0.5) is 0 Å². The molecule has 3 N–H and O–H groups in total. The first kappa shape index (κ1) is 30.4. The summed E-state index contributed by atoms with van der Waals surface area (Å²) in [6.07, 6.45) is 1.49. The van der Waals surface area contributed by atoms with Crippen LogP contribution in [0.3, 0.4) is 0 Å². The first-order valence-electron chi connectivity index (χ1n) is 12.7. The fourth-order valence-corrected chi connectivity index (χ4v) is 4.42. The van der Waals surface area contributed by atoms with E-state index in [9.17, 15) is 19.2 Å². The Kier molecular flexibility index (Phi) is 10.7. The monoisotopic (exact) mass is 566 g/mol. The molecule has 2 aromatic rings. The minimum Gasteiger partial charge on any atom is -0.382 e.